The summed E-state index contributed by atoms with van der Waals surface area (Å²) in [6.45, 7) is 6.29. The number of carbonyl (C=O) groups is 4. The van der Waals surface area contributed by atoms with E-state index in [0.29, 0.717) is 18.9 Å². The summed E-state index contributed by atoms with van der Waals surface area (Å²) < 4.78 is 9.55. The van der Waals surface area contributed by atoms with Crippen LogP contribution in [0.25, 0.3) is 33.6 Å². The summed E-state index contributed by atoms with van der Waals surface area (Å²) in [6.07, 6.45) is 2.39. The molecule has 2 aliphatic rings. The van der Waals surface area contributed by atoms with Crippen molar-refractivity contribution in [1.29, 1.82) is 0 Å². The molecule has 0 aliphatic carbocycles. The molecule has 5 N–H and O–H groups in total. The molecule has 4 aromatic rings. The molecule has 6 rings (SSSR count). The van der Waals surface area contributed by atoms with E-state index in [2.05, 4.69) is 49.3 Å². The van der Waals surface area contributed by atoms with Crippen molar-refractivity contribution in [2.24, 2.45) is 5.73 Å². The molecule has 0 unspecified atom stereocenters. The molecule has 0 saturated carbocycles. The van der Waals surface area contributed by atoms with E-state index >= 15 is 0 Å². The van der Waals surface area contributed by atoms with Crippen molar-refractivity contribution < 1.29 is 28.7 Å². The van der Waals surface area contributed by atoms with Gasteiger partial charge >= 0.3 is 12.2 Å². The molecule has 2 aromatic carbocycles. The minimum atomic E-state index is -0.978. The molecule has 2 saturated heterocycles. The number of ether oxygens (including phenoxy) is 2. The molecule has 50 heavy (non-hydrogen) atoms. The van der Waals surface area contributed by atoms with E-state index in [9.17, 15) is 19.2 Å². The maximum absolute atomic E-state index is 13.1. The fourth-order valence-electron chi connectivity index (χ4n) is 6.87. The van der Waals surface area contributed by atoms with E-state index in [-0.39, 0.29) is 23.9 Å². The second kappa shape index (κ2) is 14.4. The third-order valence-electron chi connectivity index (χ3n) is 9.42. The summed E-state index contributed by atoms with van der Waals surface area (Å²) in [5.41, 5.74) is 11.7. The highest BCUT2D eigenvalue weighted by molar-refractivity contribution is 5.86. The molecule has 2 aliphatic heterocycles. The zero-order valence-electron chi connectivity index (χ0n) is 28.6. The van der Waals surface area contributed by atoms with Crippen LogP contribution in [0.2, 0.25) is 0 Å². The van der Waals surface area contributed by atoms with Crippen LogP contribution >= 0.6 is 0 Å². The van der Waals surface area contributed by atoms with E-state index in [1.165, 1.54) is 14.0 Å². The van der Waals surface area contributed by atoms with Gasteiger partial charge in [0.2, 0.25) is 5.91 Å². The van der Waals surface area contributed by atoms with Crippen LogP contribution in [-0.2, 0) is 19.1 Å². The second-order valence-electron chi connectivity index (χ2n) is 12.7. The minimum absolute atomic E-state index is 0.173. The van der Waals surface area contributed by atoms with E-state index in [4.69, 9.17) is 15.5 Å². The second-order valence-corrected chi connectivity index (χ2v) is 12.7. The summed E-state index contributed by atoms with van der Waals surface area (Å²) in [5.74, 6) is 0.948. The molecule has 4 amide bonds. The zero-order chi connectivity index (χ0) is 35.5. The number of aromatic nitrogens is 4. The summed E-state index contributed by atoms with van der Waals surface area (Å²) in [6, 6.07) is 15.2. The number of nitrogens with two attached hydrogens (primary N) is 1. The highest BCUT2D eigenvalue weighted by Gasteiger charge is 2.36. The number of H-pyrrole nitrogens is 2. The third-order valence-corrected chi connectivity index (χ3v) is 9.42. The van der Waals surface area contributed by atoms with Crippen molar-refractivity contribution in [3.8, 4) is 33.6 Å². The van der Waals surface area contributed by atoms with Crippen molar-refractivity contribution in [3.05, 3.63) is 72.1 Å². The zero-order valence-corrected chi connectivity index (χ0v) is 28.6. The van der Waals surface area contributed by atoms with Crippen LogP contribution in [0.1, 0.15) is 69.0 Å². The molecule has 14 heteroatoms. The van der Waals surface area contributed by atoms with Gasteiger partial charge in [0.05, 0.1) is 36.8 Å². The summed E-state index contributed by atoms with van der Waals surface area (Å²) in [7, 11) is 1.27. The lowest BCUT2D eigenvalue weighted by atomic mass is 10.0. The normalized spacial score (nSPS) is 18.5. The van der Waals surface area contributed by atoms with Crippen molar-refractivity contribution in [2.75, 3.05) is 20.2 Å². The molecular formula is C36H42N8O6. The standard InChI is InChI=1S/C36H42N8O6/c1-20-30(42-32(39-20)29-8-6-17-43(29)33(45)21(2)40-36(48)49-4)26-15-11-24(12-16-26)23-9-13-25(14-10-23)27-19-38-31(41-27)28-7-5-18-44(28)34(46)22(3)50-35(37)47/h9-16,19,21-22,28-29H,5-8,17-18H2,1-4H3,(H2,37,47)(H,38,41)(H,39,42)(H,40,48)/t21-,22-,28-,29-/m0/s1. The maximum Gasteiger partial charge on any atom is 0.407 e. The number of rotatable bonds is 9. The van der Waals surface area contributed by atoms with E-state index < -0.39 is 24.3 Å². The van der Waals surface area contributed by atoms with Crippen LogP contribution in [0, 0.1) is 6.92 Å². The highest BCUT2D eigenvalue weighted by Crippen LogP contribution is 2.35. The number of likely N-dealkylation sites (tertiary alicyclic amines) is 2. The highest BCUT2D eigenvalue weighted by atomic mass is 16.6. The first-order valence-electron chi connectivity index (χ1n) is 16.8. The molecule has 0 spiro atoms. The van der Waals surface area contributed by atoms with Crippen LogP contribution in [0.3, 0.4) is 0 Å². The molecular weight excluding hydrogens is 640 g/mol. The number of amides is 4. The van der Waals surface area contributed by atoms with Gasteiger partial charge in [-0.05, 0) is 63.1 Å². The smallest absolute Gasteiger partial charge is 0.407 e. The van der Waals surface area contributed by atoms with Gasteiger partial charge in [0.15, 0.2) is 6.10 Å². The van der Waals surface area contributed by atoms with Crippen molar-refractivity contribution in [1.82, 2.24) is 35.1 Å². The third kappa shape index (κ3) is 7.05. The van der Waals surface area contributed by atoms with Gasteiger partial charge in [-0.1, -0.05) is 48.5 Å². The SMILES string of the molecule is COC(=O)N[C@@H](C)C(=O)N1CCC[C@H]1c1nc(-c2ccc(-c3ccc(-c4cnc([C@@H]5CCCN5C(=O)[C@H](C)OC(N)=O)[nH]4)cc3)cc2)c(C)[nH]1. The van der Waals surface area contributed by atoms with E-state index in [1.54, 1.807) is 22.9 Å². The Kier molecular flexibility index (Phi) is 9.88. The number of carbonyl (C=O) groups excluding carboxylic acids is 4. The Labute approximate surface area is 289 Å². The average Bonchev–Trinajstić information content (AvgIpc) is 3.94. The predicted molar refractivity (Wildman–Crippen MR) is 184 cm³/mol. The van der Waals surface area contributed by atoms with Gasteiger partial charge in [0.1, 0.15) is 17.7 Å². The van der Waals surface area contributed by atoms with Crippen molar-refractivity contribution in [3.63, 3.8) is 0 Å². The van der Waals surface area contributed by atoms with Gasteiger partial charge in [-0.2, -0.15) is 0 Å². The Bertz CT molecular complexity index is 1870. The molecule has 0 radical (unpaired) electrons. The lowest BCUT2D eigenvalue weighted by Crippen LogP contribution is -2.46. The topological polar surface area (TPSA) is 189 Å². The van der Waals surface area contributed by atoms with E-state index in [0.717, 1.165) is 70.8 Å². The van der Waals surface area contributed by atoms with E-state index in [1.807, 2.05) is 31.2 Å². The Hall–Kier alpha value is -5.66. The molecule has 4 atom stereocenters. The first-order valence-corrected chi connectivity index (χ1v) is 16.8. The van der Waals surface area contributed by atoms with Gasteiger partial charge < -0.3 is 40.3 Å². The number of imidazole rings is 2. The van der Waals surface area contributed by atoms with Crippen molar-refractivity contribution >= 4 is 24.0 Å². The molecule has 4 heterocycles. The largest absolute Gasteiger partial charge is 0.453 e. The summed E-state index contributed by atoms with van der Waals surface area (Å²) in [4.78, 5) is 68.6. The van der Waals surface area contributed by atoms with Gasteiger partial charge in [0.25, 0.3) is 5.91 Å². The maximum atomic E-state index is 13.1. The first kappa shape index (κ1) is 34.2. The number of hydrogen-bond donors (Lipinski definition) is 4. The molecule has 2 aromatic heterocycles. The number of benzene rings is 2. The number of nitrogens with one attached hydrogen (secondary N) is 3. The molecule has 2 fully saturated rings. The average molecular weight is 683 g/mol. The Morgan fingerprint density at radius 3 is 2.00 bits per heavy atom. The monoisotopic (exact) mass is 682 g/mol. The quantitative estimate of drug-likeness (QED) is 0.190. The fourth-order valence-corrected chi connectivity index (χ4v) is 6.87. The van der Waals surface area contributed by atoms with Gasteiger partial charge in [0, 0.05) is 24.3 Å². The lowest BCUT2D eigenvalue weighted by molar-refractivity contribution is -0.140. The number of alkyl carbamates (subject to hydrolysis) is 1. The number of methoxy groups -OCH3 is 1. The van der Waals surface area contributed by atoms with Gasteiger partial charge in [-0.25, -0.2) is 19.6 Å². The van der Waals surface area contributed by atoms with Gasteiger partial charge in [-0.3, -0.25) is 9.59 Å². The lowest BCUT2D eigenvalue weighted by Gasteiger charge is -2.26. The van der Waals surface area contributed by atoms with Crippen LogP contribution < -0.4 is 11.1 Å². The van der Waals surface area contributed by atoms with Crippen molar-refractivity contribution in [2.45, 2.75) is 70.7 Å². The number of aromatic amines is 2. The van der Waals surface area contributed by atoms with Crippen LogP contribution in [0.15, 0.2) is 54.7 Å². The number of aryl methyl sites for hydroxylation is 1. The van der Waals surface area contributed by atoms with Crippen LogP contribution in [0.5, 0.6) is 0 Å². The Morgan fingerprint density at radius 2 is 1.40 bits per heavy atom. The number of primary amides is 1. The molecule has 262 valence electrons. The van der Waals surface area contributed by atoms with Crippen LogP contribution in [0.4, 0.5) is 9.59 Å². The van der Waals surface area contributed by atoms with Gasteiger partial charge in [-0.15, -0.1) is 0 Å². The summed E-state index contributed by atoms with van der Waals surface area (Å²) in [5, 5.41) is 2.56. The first-order chi connectivity index (χ1) is 24.0. The summed E-state index contributed by atoms with van der Waals surface area (Å²) >= 11 is 0. The Morgan fingerprint density at radius 1 is 0.840 bits per heavy atom. The fraction of sp³-hybridized carbons (Fsp3) is 0.389. The number of nitrogens with zero attached hydrogens (tertiary/aromatic N) is 4. The van der Waals surface area contributed by atoms with Crippen LogP contribution in [-0.4, -0.2) is 86.1 Å². The molecule has 0 bridgehead atoms. The predicted octanol–water partition coefficient (Wildman–Crippen LogP) is 5.00. The molecule has 14 nitrogen and oxygen atoms in total. The minimum Gasteiger partial charge on any atom is -0.453 e. The number of hydrogen-bond acceptors (Lipinski definition) is 8. The Balaban J connectivity index is 1.12.